The average molecular weight is 287 g/mol. The van der Waals surface area contributed by atoms with Crippen molar-refractivity contribution in [2.45, 2.75) is 20.0 Å². The van der Waals surface area contributed by atoms with Gasteiger partial charge in [-0.25, -0.2) is 9.18 Å². The van der Waals surface area contributed by atoms with Crippen LogP contribution in [0.2, 0.25) is 0 Å². The first-order valence-electron chi connectivity index (χ1n) is 6.71. The van der Waals surface area contributed by atoms with Gasteiger partial charge >= 0.3 is 5.97 Å². The van der Waals surface area contributed by atoms with E-state index in [4.69, 9.17) is 5.11 Å². The van der Waals surface area contributed by atoms with E-state index < -0.39 is 11.8 Å². The molecule has 2 aromatic carbocycles. The van der Waals surface area contributed by atoms with Gasteiger partial charge in [-0.2, -0.15) is 0 Å². The second kappa shape index (κ2) is 6.50. The minimum Gasteiger partial charge on any atom is -0.478 e. The molecule has 0 aliphatic carbocycles. The van der Waals surface area contributed by atoms with Crippen LogP contribution in [0.5, 0.6) is 0 Å². The Morgan fingerprint density at radius 3 is 2.38 bits per heavy atom. The van der Waals surface area contributed by atoms with Crippen LogP contribution in [-0.4, -0.2) is 23.0 Å². The molecular formula is C17H18FNO2. The van der Waals surface area contributed by atoms with Gasteiger partial charge in [-0.05, 0) is 37.2 Å². The van der Waals surface area contributed by atoms with Crippen LogP contribution in [0.1, 0.15) is 27.0 Å². The van der Waals surface area contributed by atoms with Crippen LogP contribution in [-0.2, 0) is 13.1 Å². The Labute approximate surface area is 123 Å². The molecule has 0 aromatic heterocycles. The van der Waals surface area contributed by atoms with E-state index in [9.17, 15) is 9.18 Å². The standard InChI is InChI=1S/C17H18FNO2/c1-12-4-3-5-13(8-12)10-19(2)11-14-6-7-15(17(20)21)16(18)9-14/h3-9H,10-11H2,1-2H3,(H,20,21). The minimum atomic E-state index is -1.24. The van der Waals surface area contributed by atoms with Crippen molar-refractivity contribution < 1.29 is 14.3 Å². The van der Waals surface area contributed by atoms with E-state index in [0.29, 0.717) is 6.54 Å². The van der Waals surface area contributed by atoms with Gasteiger partial charge in [0.25, 0.3) is 0 Å². The molecule has 0 radical (unpaired) electrons. The Balaban J connectivity index is 2.04. The molecule has 2 rings (SSSR count). The summed E-state index contributed by atoms with van der Waals surface area (Å²) in [6.07, 6.45) is 0. The third-order valence-electron chi connectivity index (χ3n) is 3.25. The molecular weight excluding hydrogens is 269 g/mol. The SMILES string of the molecule is Cc1cccc(CN(C)Cc2ccc(C(=O)O)c(F)c2)c1. The Morgan fingerprint density at radius 2 is 1.81 bits per heavy atom. The zero-order valence-corrected chi connectivity index (χ0v) is 12.1. The predicted molar refractivity (Wildman–Crippen MR) is 79.7 cm³/mol. The van der Waals surface area contributed by atoms with Gasteiger partial charge in [0.1, 0.15) is 5.82 Å². The van der Waals surface area contributed by atoms with Gasteiger partial charge in [-0.3, -0.25) is 4.90 Å². The zero-order chi connectivity index (χ0) is 15.4. The molecule has 4 heteroatoms. The van der Waals surface area contributed by atoms with Crippen molar-refractivity contribution in [3.05, 3.63) is 70.5 Å². The van der Waals surface area contributed by atoms with Gasteiger partial charge in [0.2, 0.25) is 0 Å². The molecule has 0 atom stereocenters. The van der Waals surface area contributed by atoms with Crippen LogP contribution in [0.4, 0.5) is 4.39 Å². The number of halogens is 1. The third kappa shape index (κ3) is 4.13. The lowest BCUT2D eigenvalue weighted by molar-refractivity contribution is 0.0692. The minimum absolute atomic E-state index is 0.292. The van der Waals surface area contributed by atoms with E-state index in [1.165, 1.54) is 23.3 Å². The second-order valence-electron chi connectivity index (χ2n) is 5.28. The summed E-state index contributed by atoms with van der Waals surface area (Å²) >= 11 is 0. The molecule has 0 unspecified atom stereocenters. The summed E-state index contributed by atoms with van der Waals surface area (Å²) in [5, 5.41) is 8.81. The van der Waals surface area contributed by atoms with Crippen molar-refractivity contribution in [2.24, 2.45) is 0 Å². The van der Waals surface area contributed by atoms with Crippen molar-refractivity contribution in [3.8, 4) is 0 Å². The van der Waals surface area contributed by atoms with Crippen LogP contribution < -0.4 is 0 Å². The molecule has 3 nitrogen and oxygen atoms in total. The van der Waals surface area contributed by atoms with Crippen LogP contribution in [0.25, 0.3) is 0 Å². The van der Waals surface area contributed by atoms with Crippen LogP contribution in [0.15, 0.2) is 42.5 Å². The number of aromatic carboxylic acids is 1. The number of aryl methyl sites for hydroxylation is 1. The number of rotatable bonds is 5. The first kappa shape index (κ1) is 15.2. The number of hydrogen-bond donors (Lipinski definition) is 1. The zero-order valence-electron chi connectivity index (χ0n) is 12.1. The van der Waals surface area contributed by atoms with E-state index >= 15 is 0 Å². The molecule has 0 heterocycles. The Hall–Kier alpha value is -2.20. The van der Waals surface area contributed by atoms with Crippen molar-refractivity contribution in [1.29, 1.82) is 0 Å². The first-order valence-corrected chi connectivity index (χ1v) is 6.71. The highest BCUT2D eigenvalue weighted by Gasteiger charge is 2.11. The average Bonchev–Trinajstić information content (AvgIpc) is 2.38. The molecule has 0 saturated carbocycles. The van der Waals surface area contributed by atoms with Gasteiger partial charge in [0.05, 0.1) is 5.56 Å². The fraction of sp³-hybridized carbons (Fsp3) is 0.235. The topological polar surface area (TPSA) is 40.5 Å². The molecule has 0 bridgehead atoms. The van der Waals surface area contributed by atoms with Crippen LogP contribution in [0.3, 0.4) is 0 Å². The fourth-order valence-corrected chi connectivity index (χ4v) is 2.32. The van der Waals surface area contributed by atoms with E-state index in [1.54, 1.807) is 6.07 Å². The molecule has 0 aliphatic rings. The van der Waals surface area contributed by atoms with E-state index in [-0.39, 0.29) is 5.56 Å². The van der Waals surface area contributed by atoms with Gasteiger partial charge in [0, 0.05) is 13.1 Å². The molecule has 2 aromatic rings. The van der Waals surface area contributed by atoms with Crippen molar-refractivity contribution in [2.75, 3.05) is 7.05 Å². The number of benzene rings is 2. The fourth-order valence-electron chi connectivity index (χ4n) is 2.32. The molecule has 0 fully saturated rings. The Kier molecular flexibility index (Phi) is 4.70. The van der Waals surface area contributed by atoms with E-state index in [0.717, 1.165) is 12.1 Å². The van der Waals surface area contributed by atoms with Gasteiger partial charge < -0.3 is 5.11 Å². The maximum absolute atomic E-state index is 13.6. The summed E-state index contributed by atoms with van der Waals surface area (Å²) in [6.45, 7) is 3.36. The smallest absolute Gasteiger partial charge is 0.338 e. The summed E-state index contributed by atoms with van der Waals surface area (Å²) in [5.74, 6) is -1.93. The number of nitrogens with zero attached hydrogens (tertiary/aromatic N) is 1. The first-order chi connectivity index (χ1) is 9.95. The van der Waals surface area contributed by atoms with Crippen LogP contribution >= 0.6 is 0 Å². The maximum Gasteiger partial charge on any atom is 0.338 e. The number of hydrogen-bond acceptors (Lipinski definition) is 2. The van der Waals surface area contributed by atoms with Gasteiger partial charge in [-0.15, -0.1) is 0 Å². The lowest BCUT2D eigenvalue weighted by atomic mass is 10.1. The monoisotopic (exact) mass is 287 g/mol. The van der Waals surface area contributed by atoms with Gasteiger partial charge in [0.15, 0.2) is 0 Å². The summed E-state index contributed by atoms with van der Waals surface area (Å²) in [7, 11) is 1.95. The van der Waals surface area contributed by atoms with Gasteiger partial charge in [-0.1, -0.05) is 35.9 Å². The van der Waals surface area contributed by atoms with E-state index in [1.807, 2.05) is 26.1 Å². The quantitative estimate of drug-likeness (QED) is 0.915. The Morgan fingerprint density at radius 1 is 1.14 bits per heavy atom. The number of carbonyl (C=O) groups is 1. The summed E-state index contributed by atoms with van der Waals surface area (Å²) in [4.78, 5) is 12.8. The molecule has 1 N–H and O–H groups in total. The molecule has 0 aliphatic heterocycles. The molecule has 21 heavy (non-hydrogen) atoms. The van der Waals surface area contributed by atoms with Crippen LogP contribution in [0, 0.1) is 12.7 Å². The molecule has 110 valence electrons. The maximum atomic E-state index is 13.6. The number of carboxylic acids is 1. The highest BCUT2D eigenvalue weighted by molar-refractivity contribution is 5.87. The summed E-state index contributed by atoms with van der Waals surface area (Å²) in [6, 6.07) is 12.5. The number of carboxylic acid groups (broad SMARTS) is 1. The molecule has 0 spiro atoms. The normalized spacial score (nSPS) is 10.9. The molecule has 0 amide bonds. The lowest BCUT2D eigenvalue weighted by Crippen LogP contribution is -2.17. The highest BCUT2D eigenvalue weighted by atomic mass is 19.1. The largest absolute Gasteiger partial charge is 0.478 e. The third-order valence-corrected chi connectivity index (χ3v) is 3.25. The summed E-state index contributed by atoms with van der Waals surface area (Å²) in [5.41, 5.74) is 2.87. The van der Waals surface area contributed by atoms with Crippen molar-refractivity contribution in [1.82, 2.24) is 4.90 Å². The lowest BCUT2D eigenvalue weighted by Gasteiger charge is -2.17. The summed E-state index contributed by atoms with van der Waals surface area (Å²) < 4.78 is 13.6. The second-order valence-corrected chi connectivity index (χ2v) is 5.28. The highest BCUT2D eigenvalue weighted by Crippen LogP contribution is 2.14. The van der Waals surface area contributed by atoms with Crippen molar-refractivity contribution >= 4 is 5.97 Å². The predicted octanol–water partition coefficient (Wildman–Crippen LogP) is 3.46. The Bertz CT molecular complexity index is 655. The molecule has 0 saturated heterocycles. The van der Waals surface area contributed by atoms with E-state index in [2.05, 4.69) is 17.0 Å². The van der Waals surface area contributed by atoms with Crippen molar-refractivity contribution in [3.63, 3.8) is 0 Å².